The molecule has 1 aliphatic heterocycles. The Kier molecular flexibility index (Phi) is 3.15. The third-order valence-corrected chi connectivity index (χ3v) is 4.29. The van der Waals surface area contributed by atoms with Crippen LogP contribution in [-0.2, 0) is 0 Å². The smallest absolute Gasteiger partial charge is 0.222 e. The number of nitrogens with one attached hydrogen (secondary N) is 1. The number of nitrogens with zero attached hydrogens (tertiary/aromatic N) is 3. The van der Waals surface area contributed by atoms with Crippen LogP contribution in [0.5, 0.6) is 0 Å². The molecule has 0 aliphatic carbocycles. The molecule has 0 fully saturated rings. The number of anilines is 1. The first-order chi connectivity index (χ1) is 10.8. The van der Waals surface area contributed by atoms with Crippen LogP contribution in [0, 0.1) is 6.92 Å². The fourth-order valence-corrected chi connectivity index (χ4v) is 3.09. The Hall–Kier alpha value is -2.62. The Morgan fingerprint density at radius 3 is 2.55 bits per heavy atom. The molecule has 1 aromatic heterocycles. The van der Waals surface area contributed by atoms with E-state index in [1.807, 2.05) is 10.7 Å². The minimum atomic E-state index is 0.214. The average Bonchev–Trinajstić information content (AvgIpc) is 3.04. The Balaban J connectivity index is 1.72. The van der Waals surface area contributed by atoms with Gasteiger partial charge in [0.15, 0.2) is 0 Å². The highest BCUT2D eigenvalue weighted by molar-refractivity contribution is 5.38. The summed E-state index contributed by atoms with van der Waals surface area (Å²) in [4.78, 5) is 4.37. The molecule has 0 unspecified atom stereocenters. The van der Waals surface area contributed by atoms with Gasteiger partial charge in [0.05, 0.1) is 12.1 Å². The van der Waals surface area contributed by atoms with E-state index in [4.69, 9.17) is 0 Å². The van der Waals surface area contributed by atoms with E-state index in [0.29, 0.717) is 0 Å². The standard InChI is InChI=1S/C18H18N4/c1-13-7-9-14(10-8-13)16-11-17(15-5-3-2-4-6-15)22-18(21-16)19-12-20-22/h2-10,12,16-17H,11H2,1H3,(H,19,20,21)/t16-,17-/m0/s1. The number of fused-ring (bicyclic) bond motifs is 1. The van der Waals surface area contributed by atoms with E-state index in [1.165, 1.54) is 16.7 Å². The van der Waals surface area contributed by atoms with E-state index in [9.17, 15) is 0 Å². The van der Waals surface area contributed by atoms with Crippen LogP contribution < -0.4 is 5.32 Å². The number of hydrogen-bond acceptors (Lipinski definition) is 3. The van der Waals surface area contributed by atoms with Gasteiger partial charge in [-0.1, -0.05) is 60.2 Å². The van der Waals surface area contributed by atoms with Crippen molar-refractivity contribution in [2.75, 3.05) is 5.32 Å². The highest BCUT2D eigenvalue weighted by Gasteiger charge is 2.29. The molecule has 2 heterocycles. The minimum Gasteiger partial charge on any atom is -0.348 e. The lowest BCUT2D eigenvalue weighted by Crippen LogP contribution is -2.28. The SMILES string of the molecule is Cc1ccc([C@@H]2C[C@@H](c3ccccc3)n3ncnc3N2)cc1. The van der Waals surface area contributed by atoms with E-state index >= 15 is 0 Å². The summed E-state index contributed by atoms with van der Waals surface area (Å²) in [5.74, 6) is 0.839. The summed E-state index contributed by atoms with van der Waals surface area (Å²) in [5.41, 5.74) is 3.84. The molecule has 3 aromatic rings. The minimum absolute atomic E-state index is 0.214. The number of aromatic nitrogens is 3. The van der Waals surface area contributed by atoms with E-state index in [0.717, 1.165) is 12.4 Å². The first-order valence-electron chi connectivity index (χ1n) is 7.59. The summed E-state index contributed by atoms with van der Waals surface area (Å²) in [6.45, 7) is 2.11. The van der Waals surface area contributed by atoms with Gasteiger partial charge in [-0.05, 0) is 24.5 Å². The molecule has 0 saturated heterocycles. The van der Waals surface area contributed by atoms with Gasteiger partial charge in [-0.25, -0.2) is 4.68 Å². The Morgan fingerprint density at radius 2 is 1.77 bits per heavy atom. The zero-order valence-corrected chi connectivity index (χ0v) is 12.5. The van der Waals surface area contributed by atoms with Gasteiger partial charge in [0.1, 0.15) is 6.33 Å². The summed E-state index contributed by atoms with van der Waals surface area (Å²) in [5, 5.41) is 7.90. The van der Waals surface area contributed by atoms with Gasteiger partial charge in [0, 0.05) is 0 Å². The molecular weight excluding hydrogens is 272 g/mol. The topological polar surface area (TPSA) is 42.7 Å². The molecule has 22 heavy (non-hydrogen) atoms. The monoisotopic (exact) mass is 290 g/mol. The summed E-state index contributed by atoms with van der Waals surface area (Å²) in [6, 6.07) is 19.7. The predicted octanol–water partition coefficient (Wildman–Crippen LogP) is 3.73. The largest absolute Gasteiger partial charge is 0.348 e. The fraction of sp³-hybridized carbons (Fsp3) is 0.222. The van der Waals surface area contributed by atoms with Gasteiger partial charge in [-0.15, -0.1) is 0 Å². The maximum absolute atomic E-state index is 4.40. The zero-order chi connectivity index (χ0) is 14.9. The van der Waals surface area contributed by atoms with Gasteiger partial charge in [0.25, 0.3) is 0 Å². The molecule has 0 amide bonds. The molecule has 1 N–H and O–H groups in total. The second-order valence-electron chi connectivity index (χ2n) is 5.80. The van der Waals surface area contributed by atoms with Crippen molar-refractivity contribution < 1.29 is 0 Å². The number of aryl methyl sites for hydroxylation is 1. The lowest BCUT2D eigenvalue weighted by atomic mass is 9.93. The molecule has 2 aromatic carbocycles. The highest BCUT2D eigenvalue weighted by Crippen LogP contribution is 2.37. The highest BCUT2D eigenvalue weighted by atomic mass is 15.4. The maximum atomic E-state index is 4.40. The average molecular weight is 290 g/mol. The number of rotatable bonds is 2. The van der Waals surface area contributed by atoms with Crippen molar-refractivity contribution in [1.82, 2.24) is 14.8 Å². The second-order valence-corrected chi connectivity index (χ2v) is 5.80. The summed E-state index contributed by atoms with van der Waals surface area (Å²) >= 11 is 0. The van der Waals surface area contributed by atoms with E-state index < -0.39 is 0 Å². The molecule has 0 saturated carbocycles. The molecule has 0 spiro atoms. The lowest BCUT2D eigenvalue weighted by molar-refractivity contribution is 0.431. The Bertz CT molecular complexity index is 761. The van der Waals surface area contributed by atoms with Gasteiger partial charge in [-0.2, -0.15) is 10.1 Å². The zero-order valence-electron chi connectivity index (χ0n) is 12.5. The van der Waals surface area contributed by atoms with Crippen LogP contribution in [0.25, 0.3) is 0 Å². The lowest BCUT2D eigenvalue weighted by Gasteiger charge is -2.31. The van der Waals surface area contributed by atoms with Gasteiger partial charge in [0.2, 0.25) is 5.95 Å². The quantitative estimate of drug-likeness (QED) is 0.782. The second kappa shape index (κ2) is 5.30. The van der Waals surface area contributed by atoms with Crippen LogP contribution in [0.1, 0.15) is 35.2 Å². The number of benzene rings is 2. The first kappa shape index (κ1) is 13.1. The van der Waals surface area contributed by atoms with Crippen molar-refractivity contribution in [1.29, 1.82) is 0 Å². The van der Waals surface area contributed by atoms with Crippen LogP contribution in [0.2, 0.25) is 0 Å². The first-order valence-corrected chi connectivity index (χ1v) is 7.59. The van der Waals surface area contributed by atoms with Crippen LogP contribution in [-0.4, -0.2) is 14.8 Å². The van der Waals surface area contributed by atoms with Crippen molar-refractivity contribution in [2.24, 2.45) is 0 Å². The molecule has 1 aliphatic rings. The molecule has 110 valence electrons. The van der Waals surface area contributed by atoms with Crippen molar-refractivity contribution in [3.8, 4) is 0 Å². The molecule has 0 radical (unpaired) electrons. The maximum Gasteiger partial charge on any atom is 0.222 e. The van der Waals surface area contributed by atoms with Crippen molar-refractivity contribution in [3.63, 3.8) is 0 Å². The van der Waals surface area contributed by atoms with Gasteiger partial charge < -0.3 is 5.32 Å². The summed E-state index contributed by atoms with van der Waals surface area (Å²) in [7, 11) is 0. The third kappa shape index (κ3) is 2.26. The van der Waals surface area contributed by atoms with Crippen LogP contribution >= 0.6 is 0 Å². The molecular formula is C18H18N4. The predicted molar refractivity (Wildman–Crippen MR) is 86.8 cm³/mol. The molecule has 4 rings (SSSR count). The van der Waals surface area contributed by atoms with Gasteiger partial charge in [-0.3, -0.25) is 0 Å². The molecule has 4 heteroatoms. The fourth-order valence-electron chi connectivity index (χ4n) is 3.09. The molecule has 0 bridgehead atoms. The van der Waals surface area contributed by atoms with Crippen LogP contribution in [0.3, 0.4) is 0 Å². The Labute approximate surface area is 129 Å². The van der Waals surface area contributed by atoms with Crippen molar-refractivity contribution >= 4 is 5.95 Å². The molecule has 2 atom stereocenters. The Morgan fingerprint density at radius 1 is 1.00 bits per heavy atom. The van der Waals surface area contributed by atoms with Crippen LogP contribution in [0.4, 0.5) is 5.95 Å². The summed E-state index contributed by atoms with van der Waals surface area (Å²) < 4.78 is 1.99. The van der Waals surface area contributed by atoms with Gasteiger partial charge >= 0.3 is 0 Å². The third-order valence-electron chi connectivity index (χ3n) is 4.29. The summed E-state index contributed by atoms with van der Waals surface area (Å²) in [6.07, 6.45) is 2.58. The van der Waals surface area contributed by atoms with Crippen molar-refractivity contribution in [3.05, 3.63) is 77.6 Å². The van der Waals surface area contributed by atoms with Crippen molar-refractivity contribution in [2.45, 2.75) is 25.4 Å². The van der Waals surface area contributed by atoms with E-state index in [-0.39, 0.29) is 12.1 Å². The molecule has 4 nitrogen and oxygen atoms in total. The number of hydrogen-bond donors (Lipinski definition) is 1. The normalized spacial score (nSPS) is 20.2. The van der Waals surface area contributed by atoms with Crippen LogP contribution in [0.15, 0.2) is 60.9 Å². The van der Waals surface area contributed by atoms with E-state index in [1.54, 1.807) is 6.33 Å². The van der Waals surface area contributed by atoms with E-state index in [2.05, 4.69) is 70.9 Å².